The first kappa shape index (κ1) is 24.0. The fourth-order valence-electron chi connectivity index (χ4n) is 6.84. The van der Waals surface area contributed by atoms with Crippen LogP contribution >= 0.6 is 0 Å². The molecule has 1 aromatic heterocycles. The van der Waals surface area contributed by atoms with Crippen LogP contribution in [0.5, 0.6) is 0 Å². The minimum absolute atomic E-state index is 0.906. The molecule has 1 heterocycles. The smallest absolute Gasteiger partial charge is 0.135 e. The van der Waals surface area contributed by atoms with Gasteiger partial charge in [0, 0.05) is 10.8 Å². The topological polar surface area (TPSA) is 13.1 Å². The standard InChI is InChI=1S/C42H26O/c1-2-11-28(12-3-1)41-33-14-6-8-16-35(33)42(36-17-9-7-15-34(36)41)32-21-23-40-38(26-32)37-25-31(20-22-39(37)43-40)30-19-18-27-10-4-5-13-29(27)24-30/h1-26H. The lowest BCUT2D eigenvalue weighted by molar-refractivity contribution is 0.669. The van der Waals surface area contributed by atoms with Crippen molar-refractivity contribution in [3.05, 3.63) is 158 Å². The van der Waals surface area contributed by atoms with Gasteiger partial charge >= 0.3 is 0 Å². The van der Waals surface area contributed by atoms with Crippen molar-refractivity contribution in [1.29, 1.82) is 0 Å². The van der Waals surface area contributed by atoms with Gasteiger partial charge in [-0.2, -0.15) is 0 Å². The highest BCUT2D eigenvalue weighted by Crippen LogP contribution is 2.45. The Bertz CT molecular complexity index is 2440. The Hall–Kier alpha value is -5.66. The molecule has 8 aromatic carbocycles. The number of benzene rings is 8. The van der Waals surface area contributed by atoms with Crippen molar-refractivity contribution in [2.75, 3.05) is 0 Å². The molecule has 200 valence electrons. The molecule has 1 nitrogen and oxygen atoms in total. The molecule has 9 aromatic rings. The summed E-state index contributed by atoms with van der Waals surface area (Å²) < 4.78 is 6.36. The summed E-state index contributed by atoms with van der Waals surface area (Å²) in [7, 11) is 0. The van der Waals surface area contributed by atoms with E-state index in [-0.39, 0.29) is 0 Å². The van der Waals surface area contributed by atoms with Crippen LogP contribution in [0.2, 0.25) is 0 Å². The van der Waals surface area contributed by atoms with Gasteiger partial charge in [-0.25, -0.2) is 0 Å². The van der Waals surface area contributed by atoms with E-state index in [2.05, 4.69) is 158 Å². The van der Waals surface area contributed by atoms with E-state index in [4.69, 9.17) is 4.42 Å². The minimum atomic E-state index is 0.906. The summed E-state index contributed by atoms with van der Waals surface area (Å²) in [5.41, 5.74) is 9.18. The highest BCUT2D eigenvalue weighted by molar-refractivity contribution is 6.22. The van der Waals surface area contributed by atoms with Gasteiger partial charge in [-0.05, 0) is 96.0 Å². The molecule has 0 aliphatic rings. The van der Waals surface area contributed by atoms with Crippen molar-refractivity contribution in [3.63, 3.8) is 0 Å². The van der Waals surface area contributed by atoms with E-state index in [0.29, 0.717) is 0 Å². The Morgan fingerprint density at radius 3 is 1.40 bits per heavy atom. The van der Waals surface area contributed by atoms with Gasteiger partial charge < -0.3 is 4.42 Å². The largest absolute Gasteiger partial charge is 0.456 e. The van der Waals surface area contributed by atoms with E-state index >= 15 is 0 Å². The Morgan fingerprint density at radius 1 is 0.279 bits per heavy atom. The summed E-state index contributed by atoms with van der Waals surface area (Å²) in [5.74, 6) is 0. The maximum atomic E-state index is 6.36. The molecule has 0 saturated heterocycles. The fraction of sp³-hybridized carbons (Fsp3) is 0. The van der Waals surface area contributed by atoms with E-state index in [1.165, 1.54) is 65.7 Å². The molecule has 43 heavy (non-hydrogen) atoms. The van der Waals surface area contributed by atoms with Crippen LogP contribution in [0.1, 0.15) is 0 Å². The Labute approximate surface area is 249 Å². The molecule has 9 rings (SSSR count). The fourth-order valence-corrected chi connectivity index (χ4v) is 6.84. The highest BCUT2D eigenvalue weighted by Gasteiger charge is 2.18. The monoisotopic (exact) mass is 546 g/mol. The van der Waals surface area contributed by atoms with Gasteiger partial charge in [0.15, 0.2) is 0 Å². The van der Waals surface area contributed by atoms with Crippen LogP contribution in [-0.4, -0.2) is 0 Å². The first-order chi connectivity index (χ1) is 21.3. The van der Waals surface area contributed by atoms with Crippen LogP contribution in [0.15, 0.2) is 162 Å². The minimum Gasteiger partial charge on any atom is -0.456 e. The molecule has 0 aliphatic heterocycles. The first-order valence-electron chi connectivity index (χ1n) is 14.8. The summed E-state index contributed by atoms with van der Waals surface area (Å²) in [6, 6.07) is 56.8. The Balaban J connectivity index is 1.29. The molecule has 0 fully saturated rings. The van der Waals surface area contributed by atoms with Gasteiger partial charge in [-0.3, -0.25) is 0 Å². The van der Waals surface area contributed by atoms with Crippen LogP contribution in [0.4, 0.5) is 0 Å². The number of rotatable bonds is 3. The van der Waals surface area contributed by atoms with Gasteiger partial charge in [0.25, 0.3) is 0 Å². The zero-order chi connectivity index (χ0) is 28.3. The van der Waals surface area contributed by atoms with Crippen molar-refractivity contribution >= 4 is 54.3 Å². The first-order valence-corrected chi connectivity index (χ1v) is 14.8. The molecule has 0 radical (unpaired) electrons. The SMILES string of the molecule is c1ccc(-c2c3ccccc3c(-c3ccc4oc5ccc(-c6ccc7ccccc7c6)cc5c4c3)c3ccccc23)cc1. The molecule has 0 unspecified atom stereocenters. The number of fused-ring (bicyclic) bond motifs is 6. The summed E-state index contributed by atoms with van der Waals surface area (Å²) in [6.07, 6.45) is 0. The van der Waals surface area contributed by atoms with Gasteiger partial charge in [-0.1, -0.05) is 127 Å². The van der Waals surface area contributed by atoms with E-state index in [0.717, 1.165) is 21.9 Å². The van der Waals surface area contributed by atoms with Crippen LogP contribution in [0, 0.1) is 0 Å². The van der Waals surface area contributed by atoms with Gasteiger partial charge in [0.2, 0.25) is 0 Å². The van der Waals surface area contributed by atoms with Crippen molar-refractivity contribution in [2.24, 2.45) is 0 Å². The predicted octanol–water partition coefficient (Wildman–Crippen LogP) is 12.0. The third kappa shape index (κ3) is 3.79. The van der Waals surface area contributed by atoms with Gasteiger partial charge in [0.05, 0.1) is 0 Å². The average Bonchev–Trinajstić information content (AvgIpc) is 3.44. The van der Waals surface area contributed by atoms with Crippen molar-refractivity contribution in [2.45, 2.75) is 0 Å². The molecule has 0 atom stereocenters. The molecule has 0 bridgehead atoms. The molecular formula is C42H26O. The highest BCUT2D eigenvalue weighted by atomic mass is 16.3. The molecule has 1 heteroatoms. The van der Waals surface area contributed by atoms with Crippen LogP contribution in [0.25, 0.3) is 87.6 Å². The zero-order valence-corrected chi connectivity index (χ0v) is 23.4. The average molecular weight is 547 g/mol. The van der Waals surface area contributed by atoms with Crippen LogP contribution in [-0.2, 0) is 0 Å². The lowest BCUT2D eigenvalue weighted by atomic mass is 9.86. The second-order valence-electron chi connectivity index (χ2n) is 11.3. The summed E-state index contributed by atoms with van der Waals surface area (Å²) in [6.45, 7) is 0. The maximum absolute atomic E-state index is 6.36. The van der Waals surface area contributed by atoms with Crippen molar-refractivity contribution in [3.8, 4) is 33.4 Å². The van der Waals surface area contributed by atoms with Gasteiger partial charge in [-0.15, -0.1) is 0 Å². The second kappa shape index (κ2) is 9.44. The van der Waals surface area contributed by atoms with Crippen LogP contribution in [0.3, 0.4) is 0 Å². The quantitative estimate of drug-likeness (QED) is 0.201. The normalized spacial score (nSPS) is 11.7. The third-order valence-corrected chi connectivity index (χ3v) is 8.83. The number of furan rings is 1. The van der Waals surface area contributed by atoms with E-state index in [1.807, 2.05) is 0 Å². The third-order valence-electron chi connectivity index (χ3n) is 8.83. The summed E-state index contributed by atoms with van der Waals surface area (Å²) in [5, 5.41) is 9.80. The second-order valence-corrected chi connectivity index (χ2v) is 11.3. The van der Waals surface area contributed by atoms with E-state index in [1.54, 1.807) is 0 Å². The Morgan fingerprint density at radius 2 is 0.744 bits per heavy atom. The number of hydrogen-bond donors (Lipinski definition) is 0. The molecule has 0 amide bonds. The number of hydrogen-bond acceptors (Lipinski definition) is 1. The Kier molecular flexibility index (Phi) is 5.27. The maximum Gasteiger partial charge on any atom is 0.135 e. The molecule has 0 N–H and O–H groups in total. The van der Waals surface area contributed by atoms with E-state index in [9.17, 15) is 0 Å². The van der Waals surface area contributed by atoms with Gasteiger partial charge in [0.1, 0.15) is 11.2 Å². The van der Waals surface area contributed by atoms with Crippen molar-refractivity contribution in [1.82, 2.24) is 0 Å². The molecule has 0 aliphatic carbocycles. The molecular weight excluding hydrogens is 520 g/mol. The van der Waals surface area contributed by atoms with E-state index < -0.39 is 0 Å². The lowest BCUT2D eigenvalue weighted by Gasteiger charge is -2.17. The van der Waals surface area contributed by atoms with Crippen LogP contribution < -0.4 is 0 Å². The molecule has 0 spiro atoms. The molecule has 0 saturated carbocycles. The summed E-state index contributed by atoms with van der Waals surface area (Å²) >= 11 is 0. The lowest BCUT2D eigenvalue weighted by Crippen LogP contribution is -1.90. The summed E-state index contributed by atoms with van der Waals surface area (Å²) in [4.78, 5) is 0. The van der Waals surface area contributed by atoms with Crippen molar-refractivity contribution < 1.29 is 4.42 Å². The predicted molar refractivity (Wildman–Crippen MR) is 183 cm³/mol. The zero-order valence-electron chi connectivity index (χ0n) is 23.4.